The molecule has 3 aliphatic carbocycles. The molecule has 0 aromatic carbocycles. The monoisotopic (exact) mass is 570 g/mol. The van der Waals surface area contributed by atoms with Gasteiger partial charge in [-0.05, 0) is 50.9 Å². The number of imidazole rings is 1. The lowest BCUT2D eigenvalue weighted by atomic mass is 9.84. The van der Waals surface area contributed by atoms with E-state index in [1.54, 1.807) is 0 Å². The number of aromatic nitrogens is 2. The highest BCUT2D eigenvalue weighted by atomic mass is 16.7. The number of amides is 2. The predicted octanol–water partition coefficient (Wildman–Crippen LogP) is 2.73. The molecule has 1 aromatic rings. The van der Waals surface area contributed by atoms with Crippen LogP contribution in [-0.4, -0.2) is 63.4 Å². The summed E-state index contributed by atoms with van der Waals surface area (Å²) in [5.74, 6) is 0.791. The zero-order chi connectivity index (χ0) is 28.5. The molecule has 2 aliphatic heterocycles. The Bertz CT molecular complexity index is 1180. The Hall–Kier alpha value is -2.99. The van der Waals surface area contributed by atoms with Crippen LogP contribution in [0.15, 0.2) is 18.0 Å². The Morgan fingerprint density at radius 2 is 1.90 bits per heavy atom. The standard InChI is InChI=1S/C29H42N6O6/c1-34-24(17-6-9-20(10-7-17)35(38)39)15-30-28(34)22(33-29(37)23-12-18-4-2-3-5-21(18)32-23)14-27(36)31-19-8-11-25-26(13-19)41-16-40-25/h12,15,17-22,25-26,32H,2-11,13-14,16H2,1H3,(H,31,36)(H,33,37)/t17?,18?,19?,20?,21?,22-,25?,26?/m0/s1. The van der Waals surface area contributed by atoms with E-state index >= 15 is 0 Å². The molecule has 2 amide bonds. The second-order valence-corrected chi connectivity index (χ2v) is 12.5. The summed E-state index contributed by atoms with van der Waals surface area (Å²) in [4.78, 5) is 42.6. The summed E-state index contributed by atoms with van der Waals surface area (Å²) in [7, 11) is 1.91. The Kier molecular flexibility index (Phi) is 8.30. The summed E-state index contributed by atoms with van der Waals surface area (Å²) in [6.07, 6.45) is 13.4. The van der Waals surface area contributed by atoms with E-state index < -0.39 is 12.1 Å². The van der Waals surface area contributed by atoms with Crippen LogP contribution in [0.2, 0.25) is 0 Å². The van der Waals surface area contributed by atoms with Gasteiger partial charge in [0.1, 0.15) is 12.6 Å². The number of ether oxygens (including phenoxy) is 2. The van der Waals surface area contributed by atoms with Crippen molar-refractivity contribution < 1.29 is 24.0 Å². The molecular weight excluding hydrogens is 528 g/mol. The van der Waals surface area contributed by atoms with Crippen molar-refractivity contribution in [1.29, 1.82) is 0 Å². The van der Waals surface area contributed by atoms with Gasteiger partial charge in [0.15, 0.2) is 0 Å². The number of carbonyl (C=O) groups excluding carboxylic acids is 2. The number of nitrogens with one attached hydrogen (secondary N) is 3. The molecule has 0 radical (unpaired) electrons. The van der Waals surface area contributed by atoms with Crippen LogP contribution in [0.3, 0.4) is 0 Å². The van der Waals surface area contributed by atoms with Crippen molar-refractivity contribution in [2.75, 3.05) is 6.79 Å². The molecule has 12 heteroatoms. The van der Waals surface area contributed by atoms with Gasteiger partial charge in [0.2, 0.25) is 11.9 Å². The van der Waals surface area contributed by atoms with E-state index in [-0.39, 0.29) is 47.3 Å². The predicted molar refractivity (Wildman–Crippen MR) is 148 cm³/mol. The third-order valence-corrected chi connectivity index (χ3v) is 9.93. The lowest BCUT2D eigenvalue weighted by Crippen LogP contribution is -2.45. The van der Waals surface area contributed by atoms with Gasteiger partial charge in [-0.1, -0.05) is 18.9 Å². The molecule has 41 heavy (non-hydrogen) atoms. The molecule has 12 nitrogen and oxygen atoms in total. The quantitative estimate of drug-likeness (QED) is 0.319. The minimum absolute atomic E-state index is 0.00200. The first-order valence-electron chi connectivity index (χ1n) is 15.3. The van der Waals surface area contributed by atoms with Crippen molar-refractivity contribution >= 4 is 11.8 Å². The number of nitro groups is 1. The average molecular weight is 571 g/mol. The van der Waals surface area contributed by atoms with Crippen molar-refractivity contribution in [3.05, 3.63) is 39.6 Å². The Morgan fingerprint density at radius 1 is 1.12 bits per heavy atom. The van der Waals surface area contributed by atoms with Crippen LogP contribution in [0.1, 0.15) is 101 Å². The van der Waals surface area contributed by atoms with Crippen LogP contribution in [0.4, 0.5) is 0 Å². The molecule has 3 saturated carbocycles. The molecule has 1 saturated heterocycles. The molecule has 6 rings (SSSR count). The largest absolute Gasteiger partial charge is 0.378 e. The molecule has 5 unspecified atom stereocenters. The van der Waals surface area contributed by atoms with Crippen LogP contribution < -0.4 is 16.0 Å². The number of nitrogens with zero attached hydrogens (tertiary/aromatic N) is 3. The summed E-state index contributed by atoms with van der Waals surface area (Å²) in [5, 5.41) is 20.9. The molecule has 3 heterocycles. The molecule has 0 spiro atoms. The van der Waals surface area contributed by atoms with E-state index in [0.29, 0.717) is 49.5 Å². The highest BCUT2D eigenvalue weighted by Gasteiger charge is 2.38. The van der Waals surface area contributed by atoms with Crippen molar-refractivity contribution in [3.63, 3.8) is 0 Å². The molecule has 224 valence electrons. The van der Waals surface area contributed by atoms with Crippen molar-refractivity contribution in [2.24, 2.45) is 13.0 Å². The summed E-state index contributed by atoms with van der Waals surface area (Å²) < 4.78 is 13.2. The van der Waals surface area contributed by atoms with E-state index in [1.807, 2.05) is 17.8 Å². The third-order valence-electron chi connectivity index (χ3n) is 9.93. The zero-order valence-corrected chi connectivity index (χ0v) is 23.8. The lowest BCUT2D eigenvalue weighted by Gasteiger charge is -2.30. The SMILES string of the molecule is Cn1c(C2CCC([N+](=O)[O-])CC2)cnc1[C@H](CC(=O)NC1CCC2OCOC2C1)NC(=O)C1=CC2CCCCC2N1. The average Bonchev–Trinajstić information content (AvgIpc) is 3.70. The maximum atomic E-state index is 13.5. The van der Waals surface area contributed by atoms with Crippen molar-refractivity contribution in [2.45, 2.75) is 119 Å². The van der Waals surface area contributed by atoms with Crippen LogP contribution in [-0.2, 0) is 26.1 Å². The van der Waals surface area contributed by atoms with Gasteiger partial charge in [-0.2, -0.15) is 0 Å². The van der Waals surface area contributed by atoms with E-state index in [0.717, 1.165) is 44.2 Å². The van der Waals surface area contributed by atoms with E-state index in [2.05, 4.69) is 22.0 Å². The highest BCUT2D eigenvalue weighted by molar-refractivity contribution is 5.94. The topological polar surface area (TPSA) is 150 Å². The lowest BCUT2D eigenvalue weighted by molar-refractivity contribution is -0.526. The maximum Gasteiger partial charge on any atom is 0.267 e. The normalized spacial score (nSPS) is 33.6. The minimum atomic E-state index is -0.621. The second-order valence-electron chi connectivity index (χ2n) is 12.5. The summed E-state index contributed by atoms with van der Waals surface area (Å²) in [6.45, 7) is 0.310. The maximum absolute atomic E-state index is 13.5. The second kappa shape index (κ2) is 12.1. The van der Waals surface area contributed by atoms with Crippen molar-refractivity contribution in [3.8, 4) is 0 Å². The first kappa shape index (κ1) is 28.1. The molecular formula is C29H42N6O6. The van der Waals surface area contributed by atoms with E-state index in [1.165, 1.54) is 12.8 Å². The van der Waals surface area contributed by atoms with Crippen molar-refractivity contribution in [1.82, 2.24) is 25.5 Å². The Morgan fingerprint density at radius 3 is 2.68 bits per heavy atom. The molecule has 3 N–H and O–H groups in total. The number of fused-ring (bicyclic) bond motifs is 2. The van der Waals surface area contributed by atoms with Crippen LogP contribution in [0.25, 0.3) is 0 Å². The molecule has 4 fully saturated rings. The Labute approximate surface area is 240 Å². The first-order chi connectivity index (χ1) is 19.9. The minimum Gasteiger partial charge on any atom is -0.378 e. The molecule has 5 aliphatic rings. The van der Waals surface area contributed by atoms with Gasteiger partial charge in [-0.3, -0.25) is 19.7 Å². The number of hydrogen-bond acceptors (Lipinski definition) is 8. The highest BCUT2D eigenvalue weighted by Crippen LogP contribution is 2.35. The van der Waals surface area contributed by atoms with Gasteiger partial charge in [0.25, 0.3) is 5.91 Å². The first-order valence-corrected chi connectivity index (χ1v) is 15.3. The van der Waals surface area contributed by atoms with Gasteiger partial charge in [-0.25, -0.2) is 4.98 Å². The molecule has 1 aromatic heterocycles. The number of rotatable bonds is 8. The zero-order valence-electron chi connectivity index (χ0n) is 23.8. The van der Waals surface area contributed by atoms with Gasteiger partial charge < -0.3 is 30.0 Å². The summed E-state index contributed by atoms with van der Waals surface area (Å²) in [6, 6.07) is -0.805. The van der Waals surface area contributed by atoms with Gasteiger partial charge >= 0.3 is 0 Å². The fourth-order valence-corrected chi connectivity index (χ4v) is 7.59. The van der Waals surface area contributed by atoms with Crippen LogP contribution in [0, 0.1) is 16.0 Å². The number of hydrogen-bond donors (Lipinski definition) is 3. The summed E-state index contributed by atoms with van der Waals surface area (Å²) in [5.41, 5.74) is 1.57. The fraction of sp³-hybridized carbons (Fsp3) is 0.759. The molecule has 6 atom stereocenters. The van der Waals surface area contributed by atoms with E-state index in [9.17, 15) is 19.7 Å². The fourth-order valence-electron chi connectivity index (χ4n) is 7.59. The third kappa shape index (κ3) is 6.13. The molecule has 0 bridgehead atoms. The smallest absolute Gasteiger partial charge is 0.267 e. The number of carbonyl (C=O) groups is 2. The van der Waals surface area contributed by atoms with Gasteiger partial charge in [-0.15, -0.1) is 0 Å². The van der Waals surface area contributed by atoms with Gasteiger partial charge in [0, 0.05) is 54.7 Å². The van der Waals surface area contributed by atoms with Gasteiger partial charge in [0.05, 0.1) is 30.4 Å². The van der Waals surface area contributed by atoms with Crippen LogP contribution in [0.5, 0.6) is 0 Å². The summed E-state index contributed by atoms with van der Waals surface area (Å²) >= 11 is 0. The Balaban J connectivity index is 1.16. The van der Waals surface area contributed by atoms with Crippen LogP contribution >= 0.6 is 0 Å². The van der Waals surface area contributed by atoms with E-state index in [4.69, 9.17) is 14.5 Å².